The molecule has 15 rings (SSSR count). The number of nitrogen functional groups attached to an aromatic ring is 1. The van der Waals surface area contributed by atoms with Crippen molar-refractivity contribution in [3.63, 3.8) is 0 Å². The Morgan fingerprint density at radius 3 is 1.18 bits per heavy atom. The number of benzene rings is 7. The molecule has 25 nitrogen and oxygen atoms in total. The van der Waals surface area contributed by atoms with Gasteiger partial charge < -0.3 is 44.6 Å². The van der Waals surface area contributed by atoms with Crippen LogP contribution in [0, 0.1) is 89.6 Å². The fraction of sp³-hybridized carbons (Fsp3) is 0.451. The topological polar surface area (TPSA) is 255 Å². The Labute approximate surface area is 749 Å². The summed E-state index contributed by atoms with van der Waals surface area (Å²) in [5.74, 6) is -3.77. The molecular formula is C91H112BrClF9N17O8. The minimum Gasteiger partial charge on any atom is -0.486 e. The second-order valence-electron chi connectivity index (χ2n) is 31.7. The van der Waals surface area contributed by atoms with Crippen molar-refractivity contribution in [3.05, 3.63) is 255 Å². The molecule has 0 unspecified atom stereocenters. The van der Waals surface area contributed by atoms with E-state index in [2.05, 4.69) is 97.9 Å². The van der Waals surface area contributed by atoms with Crippen molar-refractivity contribution in [2.45, 2.75) is 125 Å². The number of nitro groups is 3. The number of nitro benzene ring substituents is 3. The van der Waals surface area contributed by atoms with Crippen LogP contribution in [0.3, 0.4) is 0 Å². The molecule has 0 radical (unpaired) electrons. The highest BCUT2D eigenvalue weighted by atomic mass is 79.9. The predicted octanol–water partition coefficient (Wildman–Crippen LogP) is 18.2. The minimum absolute atomic E-state index is 0.00860. The Balaban J connectivity index is 0.000000178. The zero-order valence-electron chi connectivity index (χ0n) is 73.1. The Bertz CT molecular complexity index is 5130. The third-order valence-electron chi connectivity index (χ3n) is 22.5. The molecule has 0 amide bonds. The second-order valence-corrected chi connectivity index (χ2v) is 32.6. The zero-order chi connectivity index (χ0) is 92.1. The molecule has 0 spiro atoms. The molecule has 4 saturated heterocycles. The van der Waals surface area contributed by atoms with Crippen LogP contribution < -0.4 is 25.0 Å². The highest BCUT2D eigenvalue weighted by molar-refractivity contribution is 9.08. The number of fused-ring (bicyclic) bond motifs is 2. The SMILES string of the molecule is CC(C)N1CCOc2c(F)cc(-c3nc(Cl)ncc3F)cc21.CCN1CCCCC1.CCN1CCN(Cc2ccc(Cc3ncc(F)c(-c4cc(F)c5c(c4)N(C(C)C)CCO5)n3)cc2F)CC1.CCN1CCN(Cc2ccc(N)cc2F)CC1.CCN1CCN(Cc2ccc([N+](=O)[O-])cc2F)CC1.Cc1ccc([N+](=O)[O-])cc1F.O=[N+]([O-])c1ccc(CBr)c(F)c1. The van der Waals surface area contributed by atoms with Crippen molar-refractivity contribution in [3.8, 4) is 34.0 Å². The van der Waals surface area contributed by atoms with Crippen LogP contribution in [0.2, 0.25) is 5.28 Å². The number of piperidine rings is 1. The van der Waals surface area contributed by atoms with Crippen molar-refractivity contribution < 1.29 is 63.8 Å². The van der Waals surface area contributed by atoms with Gasteiger partial charge in [-0.1, -0.05) is 68.2 Å². The Kier molecular flexibility index (Phi) is 39.1. The number of nitrogens with two attached hydrogens (primary N) is 1. The van der Waals surface area contributed by atoms with Crippen LogP contribution >= 0.6 is 27.5 Å². The number of nitrogens with zero attached hydrogens (tertiary/aromatic N) is 16. The van der Waals surface area contributed by atoms with Gasteiger partial charge >= 0.3 is 0 Å². The van der Waals surface area contributed by atoms with Gasteiger partial charge in [-0.3, -0.25) is 45.0 Å². The number of piperazine rings is 3. The molecule has 6 aliphatic heterocycles. The second kappa shape index (κ2) is 49.4. The maximum atomic E-state index is 15.0. The summed E-state index contributed by atoms with van der Waals surface area (Å²) in [6.07, 6.45) is 6.59. The highest BCUT2D eigenvalue weighted by Gasteiger charge is 2.30. The average Bonchev–Trinajstić information content (AvgIpc) is 0.778. The molecule has 686 valence electrons. The Morgan fingerprint density at radius 1 is 0.425 bits per heavy atom. The van der Waals surface area contributed by atoms with E-state index in [1.54, 1.807) is 37.3 Å². The number of aryl methyl sites for hydroxylation is 1. The van der Waals surface area contributed by atoms with Crippen molar-refractivity contribution in [2.24, 2.45) is 0 Å². The summed E-state index contributed by atoms with van der Waals surface area (Å²) in [6, 6.07) is 27.3. The number of likely N-dealkylation sites (N-methyl/N-ethyl adjacent to an activating group) is 3. The number of alkyl halides is 1. The molecule has 0 atom stereocenters. The van der Waals surface area contributed by atoms with Crippen molar-refractivity contribution in [2.75, 3.05) is 160 Å². The van der Waals surface area contributed by atoms with Crippen molar-refractivity contribution >= 4 is 61.7 Å². The highest BCUT2D eigenvalue weighted by Crippen LogP contribution is 2.42. The van der Waals surface area contributed by atoms with E-state index >= 15 is 0 Å². The number of halogens is 11. The standard InChI is InChI=1S/C29H34F3N5O.C15H14ClF2N3O.C13H18FN3O2.C13H20FN3.C7H5BrFNO2.C7H6FNO2.C7H15N/c1-4-35-7-9-36(10-8-35)18-21-6-5-20(13-23(21)30)14-27-33-17-25(32)28(34-27)22-15-24(31)29-26(16-22)37(19(2)3)11-12-38-29;1-8(2)21-3-4-22-14-10(17)5-9(6-12(14)21)13-11(18)7-19-15(16)20-13;1-2-15-5-7-16(8-6-15)10-11-3-4-12(17(18)19)9-13(11)14;1-2-16-5-7-17(8-6-16)10-11-3-4-12(15)9-13(11)14;8-4-5-1-2-6(10(11)12)3-7(5)9;1-5-2-3-6(9(10)11)4-7(5)8;1-2-8-6-4-3-5-7-8/h5-6,13,15-17,19H,4,7-12,14,18H2,1-3H3;5-8H,3-4H2,1-2H3;3-4,9H,2,5-8,10H2,1H3;3-4,9H,2,5-8,10,15H2,1H3;1-3H,4H2;2-4H,1H3;2-7H2,1H3. The molecular weight excluding hydrogens is 1750 g/mol. The van der Waals surface area contributed by atoms with Crippen molar-refractivity contribution in [1.29, 1.82) is 0 Å². The summed E-state index contributed by atoms with van der Waals surface area (Å²) in [5.41, 5.74) is 10.6. The van der Waals surface area contributed by atoms with Crippen LogP contribution in [0.4, 0.5) is 73.6 Å². The summed E-state index contributed by atoms with van der Waals surface area (Å²) >= 11 is 8.77. The van der Waals surface area contributed by atoms with Crippen LogP contribution in [-0.4, -0.2) is 225 Å². The van der Waals surface area contributed by atoms with E-state index in [1.165, 1.54) is 99.6 Å². The molecule has 0 bridgehead atoms. The summed E-state index contributed by atoms with van der Waals surface area (Å²) in [6.45, 7) is 41.0. The summed E-state index contributed by atoms with van der Waals surface area (Å²) in [7, 11) is 0. The largest absolute Gasteiger partial charge is 0.486 e. The van der Waals surface area contributed by atoms with Gasteiger partial charge in [0.25, 0.3) is 17.1 Å². The van der Waals surface area contributed by atoms with E-state index in [-0.39, 0.29) is 75.4 Å². The van der Waals surface area contributed by atoms with Gasteiger partial charge in [-0.05, 0) is 176 Å². The first-order valence-corrected chi connectivity index (χ1v) is 44.1. The molecule has 8 heterocycles. The molecule has 7 aromatic carbocycles. The van der Waals surface area contributed by atoms with Crippen LogP contribution in [0.5, 0.6) is 11.5 Å². The average molecular weight is 1860 g/mol. The number of ether oxygens (including phenoxy) is 2. The lowest BCUT2D eigenvalue weighted by molar-refractivity contribution is -0.385. The quantitative estimate of drug-likeness (QED) is 0.0186. The number of hydrogen-bond donors (Lipinski definition) is 1. The molecule has 0 aliphatic carbocycles. The maximum Gasteiger partial charge on any atom is 0.272 e. The molecule has 2 N–H and O–H groups in total. The van der Waals surface area contributed by atoms with Crippen molar-refractivity contribution in [1.82, 2.24) is 54.2 Å². The number of likely N-dealkylation sites (tertiary alicyclic amines) is 1. The Morgan fingerprint density at radius 2 is 0.795 bits per heavy atom. The lowest BCUT2D eigenvalue weighted by atomic mass is 10.1. The van der Waals surface area contributed by atoms with Gasteiger partial charge in [-0.2, -0.15) is 0 Å². The first kappa shape index (κ1) is 101. The van der Waals surface area contributed by atoms with E-state index in [0.29, 0.717) is 113 Å². The van der Waals surface area contributed by atoms with Crippen LogP contribution in [-0.2, 0) is 31.4 Å². The monoisotopic (exact) mass is 1860 g/mol. The summed E-state index contributed by atoms with van der Waals surface area (Å²) < 4.78 is 137. The predicted molar refractivity (Wildman–Crippen MR) is 480 cm³/mol. The van der Waals surface area contributed by atoms with Gasteiger partial charge in [0.1, 0.15) is 59.5 Å². The van der Waals surface area contributed by atoms with Gasteiger partial charge in [0.05, 0.1) is 69.8 Å². The fourth-order valence-electron chi connectivity index (χ4n) is 14.9. The zero-order valence-corrected chi connectivity index (χ0v) is 75.5. The van der Waals surface area contributed by atoms with E-state index in [9.17, 15) is 69.9 Å². The smallest absolute Gasteiger partial charge is 0.272 e. The maximum absolute atomic E-state index is 15.0. The first-order chi connectivity index (χ1) is 60.8. The summed E-state index contributed by atoms with van der Waals surface area (Å²) in [5, 5.41) is 31.1. The number of non-ortho nitro benzene ring substituents is 3. The van der Waals surface area contributed by atoms with Crippen LogP contribution in [0.15, 0.2) is 128 Å². The van der Waals surface area contributed by atoms with E-state index in [0.717, 1.165) is 134 Å². The fourth-order valence-corrected chi connectivity index (χ4v) is 15.5. The van der Waals surface area contributed by atoms with Crippen LogP contribution in [0.25, 0.3) is 22.5 Å². The van der Waals surface area contributed by atoms with Gasteiger partial charge in [-0.15, -0.1) is 0 Å². The normalized spacial score (nSPS) is 15.7. The molecule has 0 saturated carbocycles. The molecule has 127 heavy (non-hydrogen) atoms. The number of rotatable bonds is 20. The van der Waals surface area contributed by atoms with E-state index < -0.39 is 55.5 Å². The molecule has 2 aromatic heterocycles. The molecule has 6 aliphatic rings. The van der Waals surface area contributed by atoms with Gasteiger partial charge in [0.15, 0.2) is 34.8 Å². The number of aromatic nitrogens is 4. The number of hydrogen-bond acceptors (Lipinski definition) is 22. The van der Waals surface area contributed by atoms with Gasteiger partial charge in [0.2, 0.25) is 5.28 Å². The third-order valence-corrected chi connectivity index (χ3v) is 23.3. The van der Waals surface area contributed by atoms with E-state index in [4.69, 9.17) is 26.8 Å². The van der Waals surface area contributed by atoms with Gasteiger partial charge in [0, 0.05) is 174 Å². The number of anilines is 3. The van der Waals surface area contributed by atoms with E-state index in [1.807, 2.05) is 43.6 Å². The van der Waals surface area contributed by atoms with Gasteiger partial charge in [-0.25, -0.2) is 59.4 Å². The van der Waals surface area contributed by atoms with Crippen LogP contribution in [0.1, 0.15) is 114 Å². The summed E-state index contributed by atoms with van der Waals surface area (Å²) in [4.78, 5) is 65.4. The third kappa shape index (κ3) is 29.7. The Hall–Kier alpha value is -10.2. The molecule has 4 fully saturated rings. The molecule has 9 aromatic rings. The molecule has 36 heteroatoms. The lowest BCUT2D eigenvalue weighted by Crippen LogP contribution is -2.45. The minimum atomic E-state index is -0.656. The first-order valence-electron chi connectivity index (χ1n) is 42.6. The lowest BCUT2D eigenvalue weighted by Gasteiger charge is -2.34.